The molecule has 0 saturated carbocycles. The van der Waals surface area contributed by atoms with Crippen molar-refractivity contribution in [2.24, 2.45) is 0 Å². The molecule has 0 bridgehead atoms. The second kappa shape index (κ2) is 47.3. The first-order valence-corrected chi connectivity index (χ1v) is 28.0. The third-order valence-electron chi connectivity index (χ3n) is 12.8. The van der Waals surface area contributed by atoms with Crippen molar-refractivity contribution in [1.82, 2.24) is 10.2 Å². The Morgan fingerprint density at radius 1 is 0.500 bits per heavy atom. The topological polar surface area (TPSA) is 120 Å². The average Bonchev–Trinajstić information content (AvgIpc) is 3.75. The fourth-order valence-electron chi connectivity index (χ4n) is 8.36. The quantitative estimate of drug-likeness (QED) is 0.0275. The van der Waals surface area contributed by atoms with E-state index < -0.39 is 24.3 Å². The Kier molecular flexibility index (Phi) is 43.5. The van der Waals surface area contributed by atoms with Crippen LogP contribution in [0.1, 0.15) is 245 Å². The van der Waals surface area contributed by atoms with E-state index in [0.717, 1.165) is 129 Å². The van der Waals surface area contributed by atoms with E-state index in [1.165, 1.54) is 70.6 Å². The van der Waals surface area contributed by atoms with Crippen molar-refractivity contribution in [3.05, 3.63) is 48.6 Å². The van der Waals surface area contributed by atoms with Crippen LogP contribution < -0.4 is 5.32 Å². The number of amides is 1. The summed E-state index contributed by atoms with van der Waals surface area (Å²) in [5.41, 5.74) is 0. The summed E-state index contributed by atoms with van der Waals surface area (Å²) in [7, 11) is 2.07. The number of nitrogens with one attached hydrogen (secondary N) is 1. The van der Waals surface area contributed by atoms with Crippen LogP contribution in [0.4, 0.5) is 4.79 Å². The number of hydrogen-bond donors (Lipinski definition) is 1. The van der Waals surface area contributed by atoms with Crippen LogP contribution in [0.5, 0.6) is 0 Å². The smallest absolute Gasteiger partial charge is 0.407 e. The Morgan fingerprint density at radius 2 is 0.941 bits per heavy atom. The molecule has 68 heavy (non-hydrogen) atoms. The van der Waals surface area contributed by atoms with Crippen molar-refractivity contribution >= 4 is 24.0 Å². The largest absolute Gasteiger partial charge is 0.462 e. The van der Waals surface area contributed by atoms with E-state index in [9.17, 15) is 19.2 Å². The second-order valence-corrected chi connectivity index (χ2v) is 19.2. The highest BCUT2D eigenvalue weighted by molar-refractivity contribution is 5.71. The Balaban J connectivity index is 2.60. The van der Waals surface area contributed by atoms with Gasteiger partial charge in [-0.05, 0) is 123 Å². The van der Waals surface area contributed by atoms with Crippen LogP contribution in [0.15, 0.2) is 48.6 Å². The van der Waals surface area contributed by atoms with Crippen LogP contribution in [0.3, 0.4) is 0 Å². The van der Waals surface area contributed by atoms with E-state index in [4.69, 9.17) is 18.9 Å². The van der Waals surface area contributed by atoms with Gasteiger partial charge < -0.3 is 29.2 Å². The molecule has 2 atom stereocenters. The molecule has 2 unspecified atom stereocenters. The van der Waals surface area contributed by atoms with E-state index in [-0.39, 0.29) is 44.4 Å². The summed E-state index contributed by atoms with van der Waals surface area (Å²) in [4.78, 5) is 54.0. The maximum absolute atomic E-state index is 13.3. The molecule has 0 spiro atoms. The summed E-state index contributed by atoms with van der Waals surface area (Å²) in [5.74, 6) is -1.21. The maximum Gasteiger partial charge on any atom is 0.407 e. The van der Waals surface area contributed by atoms with Crippen LogP contribution in [0.2, 0.25) is 0 Å². The van der Waals surface area contributed by atoms with Gasteiger partial charge >= 0.3 is 24.0 Å². The Labute approximate surface area is 416 Å². The zero-order chi connectivity index (χ0) is 49.4. The third-order valence-corrected chi connectivity index (χ3v) is 12.8. The third kappa shape index (κ3) is 40.5. The molecular weight excluding hydrogens is 853 g/mol. The molecule has 0 aliphatic carbocycles. The van der Waals surface area contributed by atoms with Gasteiger partial charge in [-0.15, -0.1) is 0 Å². The molecule has 1 saturated heterocycles. The number of alkyl carbamates (subject to hydrolysis) is 1. The molecule has 1 amide bonds. The van der Waals surface area contributed by atoms with Crippen molar-refractivity contribution in [2.75, 3.05) is 33.4 Å². The van der Waals surface area contributed by atoms with Crippen LogP contribution in [0, 0.1) is 0 Å². The summed E-state index contributed by atoms with van der Waals surface area (Å²) >= 11 is 0. The second-order valence-electron chi connectivity index (χ2n) is 19.2. The van der Waals surface area contributed by atoms with Crippen LogP contribution >= 0.6 is 0 Å². The van der Waals surface area contributed by atoms with Crippen LogP contribution in [-0.2, 0) is 33.3 Å². The zero-order valence-corrected chi connectivity index (χ0v) is 44.1. The molecule has 10 heteroatoms. The highest BCUT2D eigenvalue weighted by Gasteiger charge is 2.24. The molecule has 0 aromatic rings. The molecule has 1 fully saturated rings. The fourth-order valence-corrected chi connectivity index (χ4v) is 8.36. The van der Waals surface area contributed by atoms with Crippen LogP contribution in [0.25, 0.3) is 0 Å². The standard InChI is InChI=1S/C58H102N2O8/c1-5-8-11-14-17-19-21-23-25-27-29-31-33-36-39-44-55(61)65-50-54(51-66-56(62)45-40-37-34-32-30-28-26-24-22-20-18-15-12-9-6-2)67-57(63)47-46-53(43-38-35-16-13-10-7-3)68-58(64)59-49-52-42-41-48-60(52)4/h17-20,23-26,52-54H,5-16,21-22,27-51H2,1-4H3,(H,59,64)/b19-17-,20-18-,25-23-,26-24-. The Hall–Kier alpha value is -3.40. The van der Waals surface area contributed by atoms with E-state index in [0.29, 0.717) is 25.4 Å². The van der Waals surface area contributed by atoms with Gasteiger partial charge in [0.05, 0.1) is 0 Å². The predicted molar refractivity (Wildman–Crippen MR) is 282 cm³/mol. The normalized spacial score (nSPS) is 14.8. The molecule has 0 radical (unpaired) electrons. The first-order chi connectivity index (χ1) is 33.3. The van der Waals surface area contributed by atoms with Gasteiger partial charge in [-0.25, -0.2) is 4.79 Å². The van der Waals surface area contributed by atoms with E-state index in [1.807, 2.05) is 0 Å². The minimum absolute atomic E-state index is 0.0233. The Morgan fingerprint density at radius 3 is 1.43 bits per heavy atom. The predicted octanol–water partition coefficient (Wildman–Crippen LogP) is 15.3. The molecule has 392 valence electrons. The molecule has 0 aromatic heterocycles. The summed E-state index contributed by atoms with van der Waals surface area (Å²) in [5, 5.41) is 2.94. The Bertz CT molecular complexity index is 1280. The van der Waals surface area contributed by atoms with E-state index in [1.54, 1.807) is 0 Å². The molecule has 1 heterocycles. The number of allylic oxidation sites excluding steroid dienone is 8. The van der Waals surface area contributed by atoms with Crippen LogP contribution in [-0.4, -0.2) is 80.5 Å². The van der Waals surface area contributed by atoms with Gasteiger partial charge in [-0.1, -0.05) is 166 Å². The monoisotopic (exact) mass is 955 g/mol. The van der Waals surface area contributed by atoms with E-state index >= 15 is 0 Å². The maximum atomic E-state index is 13.3. The van der Waals surface area contributed by atoms with Crippen molar-refractivity contribution < 1.29 is 38.1 Å². The molecule has 1 aliphatic rings. The van der Waals surface area contributed by atoms with Gasteiger partial charge in [-0.3, -0.25) is 14.4 Å². The lowest BCUT2D eigenvalue weighted by atomic mass is 10.0. The van der Waals surface area contributed by atoms with E-state index in [2.05, 4.69) is 86.6 Å². The number of carbonyl (C=O) groups excluding carboxylic acids is 4. The summed E-state index contributed by atoms with van der Waals surface area (Å²) < 4.78 is 22.8. The number of ether oxygens (including phenoxy) is 4. The highest BCUT2D eigenvalue weighted by atomic mass is 16.6. The molecule has 0 aromatic carbocycles. The lowest BCUT2D eigenvalue weighted by molar-refractivity contribution is -0.167. The number of carbonyl (C=O) groups is 4. The molecule has 1 N–H and O–H groups in total. The van der Waals surface area contributed by atoms with Crippen molar-refractivity contribution in [1.29, 1.82) is 0 Å². The SMILES string of the molecule is CCCCC/C=C\C/C=C\CCCCCCCC(=O)OCC(COC(=O)CCCCCCC/C=C\C/C=C\CCCCC)OC(=O)CCC(CCCCCCCC)OC(=O)NCC1CCCN1C. The molecular formula is C58H102N2O8. The highest BCUT2D eigenvalue weighted by Crippen LogP contribution is 2.18. The average molecular weight is 955 g/mol. The number of likely N-dealkylation sites (tertiary alicyclic amines) is 1. The van der Waals surface area contributed by atoms with Gasteiger partial charge in [0, 0.05) is 31.8 Å². The summed E-state index contributed by atoms with van der Waals surface area (Å²) in [6.07, 6.45) is 50.9. The van der Waals surface area contributed by atoms with Gasteiger partial charge in [0.25, 0.3) is 0 Å². The number of hydrogen-bond acceptors (Lipinski definition) is 9. The molecule has 10 nitrogen and oxygen atoms in total. The molecule has 1 aliphatic heterocycles. The first-order valence-electron chi connectivity index (χ1n) is 28.0. The molecule has 1 rings (SSSR count). The fraction of sp³-hybridized carbons (Fsp3) is 0.793. The number of unbranched alkanes of at least 4 members (excludes halogenated alkanes) is 21. The lowest BCUT2D eigenvalue weighted by Gasteiger charge is -2.22. The number of esters is 3. The van der Waals surface area contributed by atoms with Crippen molar-refractivity contribution in [3.63, 3.8) is 0 Å². The first kappa shape index (κ1) is 62.6. The van der Waals surface area contributed by atoms with Crippen molar-refractivity contribution in [3.8, 4) is 0 Å². The number of nitrogens with zero attached hydrogens (tertiary/aromatic N) is 1. The lowest BCUT2D eigenvalue weighted by Crippen LogP contribution is -2.39. The number of rotatable bonds is 46. The number of likely N-dealkylation sites (N-methyl/N-ethyl adjacent to an activating group) is 1. The van der Waals surface area contributed by atoms with Gasteiger partial charge in [0.1, 0.15) is 19.3 Å². The van der Waals surface area contributed by atoms with Gasteiger partial charge in [0.2, 0.25) is 0 Å². The minimum Gasteiger partial charge on any atom is -0.462 e. The van der Waals surface area contributed by atoms with Crippen molar-refractivity contribution in [2.45, 2.75) is 264 Å². The zero-order valence-electron chi connectivity index (χ0n) is 44.1. The summed E-state index contributed by atoms with van der Waals surface area (Å²) in [6.45, 7) is 7.85. The van der Waals surface area contributed by atoms with Gasteiger partial charge in [-0.2, -0.15) is 0 Å². The summed E-state index contributed by atoms with van der Waals surface area (Å²) in [6, 6.07) is 0.301. The minimum atomic E-state index is -0.922. The van der Waals surface area contributed by atoms with Gasteiger partial charge in [0.15, 0.2) is 6.10 Å².